The van der Waals surface area contributed by atoms with E-state index in [1.54, 1.807) is 6.07 Å². The molecule has 1 N–H and O–H groups in total. The second-order valence-electron chi connectivity index (χ2n) is 5.95. The number of hydrogen-bond acceptors (Lipinski definition) is 3. The third-order valence-corrected chi connectivity index (χ3v) is 4.31. The second-order valence-corrected chi connectivity index (χ2v) is 5.95. The first kappa shape index (κ1) is 15.3. The maximum Gasteiger partial charge on any atom is 0.115 e. The van der Waals surface area contributed by atoms with Gasteiger partial charge in [0.15, 0.2) is 0 Å². The molecule has 3 nitrogen and oxygen atoms in total. The first-order valence-corrected chi connectivity index (χ1v) is 7.70. The molecule has 0 radical (unpaired) electrons. The van der Waals surface area contributed by atoms with Crippen LogP contribution in [0.1, 0.15) is 44.2 Å². The van der Waals surface area contributed by atoms with Crippen molar-refractivity contribution >= 4 is 0 Å². The van der Waals surface area contributed by atoms with Crippen molar-refractivity contribution < 1.29 is 9.84 Å². The van der Waals surface area contributed by atoms with Crippen molar-refractivity contribution in [1.82, 2.24) is 4.90 Å². The summed E-state index contributed by atoms with van der Waals surface area (Å²) in [5.41, 5.74) is 1.19. The monoisotopic (exact) mass is 277 g/mol. The molecule has 1 fully saturated rings. The zero-order valence-corrected chi connectivity index (χ0v) is 12.9. The third kappa shape index (κ3) is 3.53. The van der Waals surface area contributed by atoms with Crippen LogP contribution >= 0.6 is 0 Å². The Morgan fingerprint density at radius 2 is 2.05 bits per heavy atom. The summed E-state index contributed by atoms with van der Waals surface area (Å²) in [7, 11) is 4.23. The molecule has 2 rings (SSSR count). The molecule has 3 heteroatoms. The quantitative estimate of drug-likeness (QED) is 0.892. The molecule has 20 heavy (non-hydrogen) atoms. The van der Waals surface area contributed by atoms with Gasteiger partial charge in [0.2, 0.25) is 0 Å². The van der Waals surface area contributed by atoms with Crippen LogP contribution in [-0.4, -0.2) is 36.8 Å². The highest BCUT2D eigenvalue weighted by Crippen LogP contribution is 2.39. The molecule has 112 valence electrons. The third-order valence-electron chi connectivity index (χ3n) is 4.31. The average Bonchev–Trinajstić information content (AvgIpc) is 2.41. The number of hydrogen-bond donors (Lipinski definition) is 1. The summed E-state index contributed by atoms with van der Waals surface area (Å²) in [5, 5.41) is 9.76. The van der Waals surface area contributed by atoms with E-state index >= 15 is 0 Å². The predicted molar refractivity (Wildman–Crippen MR) is 81.9 cm³/mol. The van der Waals surface area contributed by atoms with Gasteiger partial charge in [-0.15, -0.1) is 0 Å². The molecule has 1 unspecified atom stereocenters. The Hall–Kier alpha value is -1.06. The van der Waals surface area contributed by atoms with Gasteiger partial charge >= 0.3 is 0 Å². The smallest absolute Gasteiger partial charge is 0.115 e. The van der Waals surface area contributed by atoms with Crippen molar-refractivity contribution in [3.63, 3.8) is 0 Å². The molecular formula is C17H27NO2. The number of benzene rings is 1. The Kier molecular flexibility index (Phi) is 5.44. The normalized spacial score (nSPS) is 24.8. The minimum Gasteiger partial charge on any atom is -0.508 e. The van der Waals surface area contributed by atoms with Crippen LogP contribution in [0.2, 0.25) is 0 Å². The molecule has 1 aliphatic rings. The van der Waals surface area contributed by atoms with Gasteiger partial charge in [-0.05, 0) is 51.6 Å². The van der Waals surface area contributed by atoms with Gasteiger partial charge in [-0.2, -0.15) is 0 Å². The molecule has 0 heterocycles. The van der Waals surface area contributed by atoms with Gasteiger partial charge in [-0.25, -0.2) is 0 Å². The Morgan fingerprint density at radius 3 is 2.70 bits per heavy atom. The molecule has 0 amide bonds. The van der Waals surface area contributed by atoms with E-state index in [2.05, 4.69) is 32.0 Å². The van der Waals surface area contributed by atoms with Gasteiger partial charge in [0.25, 0.3) is 0 Å². The number of nitrogens with zero attached hydrogens (tertiary/aromatic N) is 1. The molecule has 1 saturated carbocycles. The van der Waals surface area contributed by atoms with Crippen molar-refractivity contribution in [3.05, 3.63) is 29.8 Å². The first-order chi connectivity index (χ1) is 9.63. The maximum atomic E-state index is 9.76. The number of rotatable bonds is 5. The number of phenols is 1. The summed E-state index contributed by atoms with van der Waals surface area (Å²) in [5.74, 6) is 0.846. The van der Waals surface area contributed by atoms with Crippen molar-refractivity contribution in [2.24, 2.45) is 5.92 Å². The van der Waals surface area contributed by atoms with E-state index in [-0.39, 0.29) is 0 Å². The van der Waals surface area contributed by atoms with E-state index in [0.717, 1.165) is 13.0 Å². The topological polar surface area (TPSA) is 32.7 Å². The van der Waals surface area contributed by atoms with Crippen molar-refractivity contribution in [2.75, 3.05) is 20.7 Å². The lowest BCUT2D eigenvalue weighted by atomic mass is 9.78. The minimum atomic E-state index is 0.305. The predicted octanol–water partition coefficient (Wildman–Crippen LogP) is 3.59. The van der Waals surface area contributed by atoms with E-state index in [0.29, 0.717) is 23.8 Å². The first-order valence-electron chi connectivity index (χ1n) is 7.70. The van der Waals surface area contributed by atoms with Crippen LogP contribution in [0.15, 0.2) is 24.3 Å². The van der Waals surface area contributed by atoms with E-state index < -0.39 is 0 Å². The molecule has 1 aliphatic carbocycles. The highest BCUT2D eigenvalue weighted by atomic mass is 16.5. The van der Waals surface area contributed by atoms with Crippen LogP contribution in [-0.2, 0) is 4.74 Å². The Bertz CT molecular complexity index is 417. The van der Waals surface area contributed by atoms with E-state index in [9.17, 15) is 5.11 Å². The summed E-state index contributed by atoms with van der Waals surface area (Å²) in [6, 6.07) is 7.97. The van der Waals surface area contributed by atoms with E-state index in [1.807, 2.05) is 12.1 Å². The van der Waals surface area contributed by atoms with Crippen molar-refractivity contribution in [2.45, 2.75) is 44.8 Å². The molecule has 0 aromatic heterocycles. The van der Waals surface area contributed by atoms with Crippen molar-refractivity contribution in [3.8, 4) is 5.75 Å². The average molecular weight is 277 g/mol. The molecule has 1 aromatic rings. The Morgan fingerprint density at radius 1 is 1.30 bits per heavy atom. The Balaban J connectivity index is 2.26. The molecule has 1 aromatic carbocycles. The van der Waals surface area contributed by atoms with Crippen molar-refractivity contribution in [1.29, 1.82) is 0 Å². The standard InChI is InChI=1S/C17H27NO2/c1-4-20-16-11-6-5-10-15(16)17(18(2)3)13-8-7-9-14(19)12-13/h7-9,12,15-17,19H,4-6,10-11H2,1-3H3/t15-,16+,17?/m0/s1. The van der Waals surface area contributed by atoms with E-state index in [1.165, 1.54) is 24.8 Å². The molecule has 0 saturated heterocycles. The molecule has 0 bridgehead atoms. The highest BCUT2D eigenvalue weighted by Gasteiger charge is 2.34. The van der Waals surface area contributed by atoms with Gasteiger partial charge in [-0.3, -0.25) is 0 Å². The van der Waals surface area contributed by atoms with Gasteiger partial charge in [0.1, 0.15) is 5.75 Å². The molecular weight excluding hydrogens is 250 g/mol. The van der Waals surface area contributed by atoms with Crippen LogP contribution in [0.4, 0.5) is 0 Å². The fourth-order valence-corrected chi connectivity index (χ4v) is 3.54. The lowest BCUT2D eigenvalue weighted by Crippen LogP contribution is -2.38. The Labute approximate surface area is 122 Å². The number of phenolic OH excluding ortho intramolecular Hbond substituents is 1. The van der Waals surface area contributed by atoms with Gasteiger partial charge in [0.05, 0.1) is 6.10 Å². The SMILES string of the molecule is CCO[C@@H]1CCCC[C@@H]1C(c1cccc(O)c1)N(C)C. The summed E-state index contributed by atoms with van der Waals surface area (Å²) in [6.45, 7) is 2.85. The van der Waals surface area contributed by atoms with Crippen LogP contribution in [0.25, 0.3) is 0 Å². The summed E-state index contributed by atoms with van der Waals surface area (Å²) < 4.78 is 5.99. The fourth-order valence-electron chi connectivity index (χ4n) is 3.54. The lowest BCUT2D eigenvalue weighted by molar-refractivity contribution is -0.0325. The lowest BCUT2D eigenvalue weighted by Gasteiger charge is -2.40. The van der Waals surface area contributed by atoms with Crippen LogP contribution in [0.5, 0.6) is 5.75 Å². The number of ether oxygens (including phenoxy) is 1. The summed E-state index contributed by atoms with van der Waals surface area (Å²) in [6.07, 6.45) is 5.23. The molecule has 0 aliphatic heterocycles. The van der Waals surface area contributed by atoms with Crippen LogP contribution in [0, 0.1) is 5.92 Å². The maximum absolute atomic E-state index is 9.76. The van der Waals surface area contributed by atoms with Gasteiger partial charge in [-0.1, -0.05) is 25.0 Å². The van der Waals surface area contributed by atoms with Crippen LogP contribution in [0.3, 0.4) is 0 Å². The second kappa shape index (κ2) is 7.09. The summed E-state index contributed by atoms with van der Waals surface area (Å²) in [4.78, 5) is 2.26. The minimum absolute atomic E-state index is 0.305. The van der Waals surface area contributed by atoms with Gasteiger partial charge < -0.3 is 14.7 Å². The zero-order valence-electron chi connectivity index (χ0n) is 12.9. The summed E-state index contributed by atoms with van der Waals surface area (Å²) >= 11 is 0. The van der Waals surface area contributed by atoms with E-state index in [4.69, 9.17) is 4.74 Å². The highest BCUT2D eigenvalue weighted by molar-refractivity contribution is 5.30. The molecule has 0 spiro atoms. The fraction of sp³-hybridized carbons (Fsp3) is 0.647. The molecule has 3 atom stereocenters. The zero-order chi connectivity index (χ0) is 14.5. The van der Waals surface area contributed by atoms with Gasteiger partial charge in [0, 0.05) is 18.6 Å². The largest absolute Gasteiger partial charge is 0.508 e. The van der Waals surface area contributed by atoms with Crippen LogP contribution < -0.4 is 0 Å². The number of aromatic hydroxyl groups is 1.